The maximum Gasteiger partial charge on any atom is 0.217 e. The Morgan fingerprint density at radius 3 is 2.69 bits per heavy atom. The number of ether oxygens (including phenoxy) is 4. The van der Waals surface area contributed by atoms with E-state index in [0.29, 0.717) is 38.1 Å². The van der Waals surface area contributed by atoms with Crippen molar-refractivity contribution in [2.24, 2.45) is 0 Å². The van der Waals surface area contributed by atoms with Gasteiger partial charge in [-0.2, -0.15) is 0 Å². The van der Waals surface area contributed by atoms with Crippen molar-refractivity contribution in [3.8, 4) is 34.0 Å². The fourth-order valence-corrected chi connectivity index (χ4v) is 3.14. The van der Waals surface area contributed by atoms with Gasteiger partial charge in [-0.25, -0.2) is 4.98 Å². The van der Waals surface area contributed by atoms with Gasteiger partial charge in [0.1, 0.15) is 18.5 Å². The first-order chi connectivity index (χ1) is 14.2. The van der Waals surface area contributed by atoms with E-state index in [-0.39, 0.29) is 6.10 Å². The van der Waals surface area contributed by atoms with E-state index in [1.807, 2.05) is 37.4 Å². The normalized spacial score (nSPS) is 16.4. The molecule has 1 aromatic carbocycles. The maximum atomic E-state index is 5.94. The molecule has 1 aliphatic heterocycles. The fourth-order valence-electron chi connectivity index (χ4n) is 3.14. The third-order valence-corrected chi connectivity index (χ3v) is 4.71. The minimum atomic E-state index is -0.0660. The number of rotatable bonds is 6. The van der Waals surface area contributed by atoms with Crippen LogP contribution >= 0.6 is 0 Å². The first-order valence-electron chi connectivity index (χ1n) is 9.63. The van der Waals surface area contributed by atoms with Crippen LogP contribution in [0.5, 0.6) is 11.6 Å². The van der Waals surface area contributed by atoms with Crippen molar-refractivity contribution in [2.45, 2.75) is 13.0 Å². The highest BCUT2D eigenvalue weighted by Gasteiger charge is 2.16. The first-order valence-corrected chi connectivity index (χ1v) is 9.63. The molecule has 0 unspecified atom stereocenters. The molecule has 6 heteroatoms. The topological polar surface area (TPSA) is 62.7 Å². The molecule has 0 spiro atoms. The Balaban J connectivity index is 1.58. The smallest absolute Gasteiger partial charge is 0.217 e. The summed E-state index contributed by atoms with van der Waals surface area (Å²) >= 11 is 0. The van der Waals surface area contributed by atoms with Crippen molar-refractivity contribution >= 4 is 0 Å². The molecule has 0 saturated carbocycles. The molecule has 0 radical (unpaired) electrons. The van der Waals surface area contributed by atoms with Crippen LogP contribution in [-0.2, 0) is 9.47 Å². The molecule has 150 valence electrons. The molecule has 1 atom stereocenters. The lowest BCUT2D eigenvalue weighted by atomic mass is 10.0. The van der Waals surface area contributed by atoms with E-state index in [9.17, 15) is 0 Å². The van der Waals surface area contributed by atoms with Gasteiger partial charge in [-0.3, -0.25) is 4.98 Å². The average Bonchev–Trinajstić information content (AvgIpc) is 2.79. The minimum absolute atomic E-state index is 0.0660. The standard InChI is InChI=1S/C23H24N2O4/c1-16-6-7-19(13-24-16)17-4-3-5-18(10-17)22-11-20(12-23(25-22)26-2)29-15-21-14-27-8-9-28-21/h3-7,10-13,21H,8-9,14-15H2,1-2H3/t21-/m1/s1. The highest BCUT2D eigenvalue weighted by atomic mass is 16.6. The van der Waals surface area contributed by atoms with Gasteiger partial charge in [-0.05, 0) is 24.6 Å². The lowest BCUT2D eigenvalue weighted by Crippen LogP contribution is -2.33. The van der Waals surface area contributed by atoms with Crippen molar-refractivity contribution in [3.05, 3.63) is 60.4 Å². The van der Waals surface area contributed by atoms with Crippen LogP contribution < -0.4 is 9.47 Å². The number of pyridine rings is 2. The SMILES string of the molecule is COc1cc(OC[C@H]2COCCO2)cc(-c2cccc(-c3ccc(C)nc3)c2)n1. The first kappa shape index (κ1) is 19.4. The van der Waals surface area contributed by atoms with E-state index in [1.54, 1.807) is 13.2 Å². The molecule has 1 fully saturated rings. The monoisotopic (exact) mass is 392 g/mol. The molecule has 0 aliphatic carbocycles. The van der Waals surface area contributed by atoms with E-state index in [4.69, 9.17) is 18.9 Å². The molecule has 2 aromatic heterocycles. The fraction of sp³-hybridized carbons (Fsp3) is 0.304. The Bertz CT molecular complexity index is 953. The molecule has 1 aliphatic rings. The predicted molar refractivity (Wildman–Crippen MR) is 110 cm³/mol. The molecular formula is C23H24N2O4. The second kappa shape index (κ2) is 9.03. The zero-order valence-electron chi connectivity index (χ0n) is 16.6. The Morgan fingerprint density at radius 1 is 1.03 bits per heavy atom. The van der Waals surface area contributed by atoms with Crippen molar-refractivity contribution in [3.63, 3.8) is 0 Å². The summed E-state index contributed by atoms with van der Waals surface area (Å²) in [5.41, 5.74) is 4.89. The summed E-state index contributed by atoms with van der Waals surface area (Å²) in [4.78, 5) is 8.98. The van der Waals surface area contributed by atoms with Gasteiger partial charge < -0.3 is 18.9 Å². The number of methoxy groups -OCH3 is 1. The van der Waals surface area contributed by atoms with E-state index in [2.05, 4.69) is 28.2 Å². The Morgan fingerprint density at radius 2 is 1.93 bits per heavy atom. The second-order valence-corrected chi connectivity index (χ2v) is 6.88. The molecule has 29 heavy (non-hydrogen) atoms. The lowest BCUT2D eigenvalue weighted by Gasteiger charge is -2.23. The largest absolute Gasteiger partial charge is 0.491 e. The predicted octanol–water partition coefficient (Wildman–Crippen LogP) is 3.92. The van der Waals surface area contributed by atoms with Gasteiger partial charge in [0.2, 0.25) is 5.88 Å². The summed E-state index contributed by atoms with van der Waals surface area (Å²) in [6.07, 6.45) is 1.82. The number of nitrogens with zero attached hydrogens (tertiary/aromatic N) is 2. The van der Waals surface area contributed by atoms with Crippen LogP contribution in [0.15, 0.2) is 54.7 Å². The van der Waals surface area contributed by atoms with Crippen LogP contribution in [0.1, 0.15) is 5.69 Å². The van der Waals surface area contributed by atoms with Gasteiger partial charge in [0.05, 0.1) is 32.6 Å². The number of hydrogen-bond donors (Lipinski definition) is 0. The number of aryl methyl sites for hydroxylation is 1. The molecule has 3 heterocycles. The van der Waals surface area contributed by atoms with Crippen LogP contribution in [-0.4, -0.2) is 49.6 Å². The highest BCUT2D eigenvalue weighted by molar-refractivity contribution is 5.71. The third kappa shape index (κ3) is 4.91. The van der Waals surface area contributed by atoms with Crippen LogP contribution in [0.2, 0.25) is 0 Å². The van der Waals surface area contributed by atoms with Gasteiger partial charge in [0.15, 0.2) is 0 Å². The van der Waals surface area contributed by atoms with Crippen molar-refractivity contribution < 1.29 is 18.9 Å². The van der Waals surface area contributed by atoms with Crippen molar-refractivity contribution in [1.82, 2.24) is 9.97 Å². The number of benzene rings is 1. The molecule has 1 saturated heterocycles. The highest BCUT2D eigenvalue weighted by Crippen LogP contribution is 2.29. The third-order valence-electron chi connectivity index (χ3n) is 4.71. The van der Waals surface area contributed by atoms with Gasteiger partial charge in [0.25, 0.3) is 0 Å². The van der Waals surface area contributed by atoms with Crippen molar-refractivity contribution in [1.29, 1.82) is 0 Å². The summed E-state index contributed by atoms with van der Waals surface area (Å²) in [5, 5.41) is 0. The van der Waals surface area contributed by atoms with Gasteiger partial charge in [0, 0.05) is 35.2 Å². The Hall–Kier alpha value is -2.96. The maximum absolute atomic E-state index is 5.94. The van der Waals surface area contributed by atoms with Gasteiger partial charge >= 0.3 is 0 Å². The summed E-state index contributed by atoms with van der Waals surface area (Å²) < 4.78 is 22.4. The Labute approximate surface area is 170 Å². The number of hydrogen-bond acceptors (Lipinski definition) is 6. The average molecular weight is 392 g/mol. The molecular weight excluding hydrogens is 368 g/mol. The minimum Gasteiger partial charge on any atom is -0.491 e. The summed E-state index contributed by atoms with van der Waals surface area (Å²) in [7, 11) is 1.60. The zero-order chi connectivity index (χ0) is 20.1. The van der Waals surface area contributed by atoms with E-state index >= 15 is 0 Å². The molecule has 0 bridgehead atoms. The van der Waals surface area contributed by atoms with E-state index in [1.165, 1.54) is 0 Å². The Kier molecular flexibility index (Phi) is 6.03. The van der Waals surface area contributed by atoms with Crippen LogP contribution in [0, 0.1) is 6.92 Å². The van der Waals surface area contributed by atoms with Crippen LogP contribution in [0.3, 0.4) is 0 Å². The van der Waals surface area contributed by atoms with E-state index < -0.39 is 0 Å². The number of aromatic nitrogens is 2. The summed E-state index contributed by atoms with van der Waals surface area (Å²) in [5.74, 6) is 1.18. The molecule has 3 aromatic rings. The molecule has 6 nitrogen and oxygen atoms in total. The van der Waals surface area contributed by atoms with Crippen LogP contribution in [0.4, 0.5) is 0 Å². The zero-order valence-corrected chi connectivity index (χ0v) is 16.6. The van der Waals surface area contributed by atoms with Gasteiger partial charge in [-0.15, -0.1) is 0 Å². The van der Waals surface area contributed by atoms with Crippen molar-refractivity contribution in [2.75, 3.05) is 33.5 Å². The molecule has 0 amide bonds. The summed E-state index contributed by atoms with van der Waals surface area (Å²) in [6.45, 7) is 4.17. The second-order valence-electron chi connectivity index (χ2n) is 6.88. The van der Waals surface area contributed by atoms with E-state index in [0.717, 1.165) is 28.1 Å². The van der Waals surface area contributed by atoms with Crippen LogP contribution in [0.25, 0.3) is 22.4 Å². The molecule has 0 N–H and O–H groups in total. The summed E-state index contributed by atoms with van der Waals surface area (Å²) in [6, 6.07) is 16.0. The van der Waals surface area contributed by atoms with Gasteiger partial charge in [-0.1, -0.05) is 24.3 Å². The molecule has 4 rings (SSSR count). The lowest BCUT2D eigenvalue weighted by molar-refractivity contribution is -0.101. The quantitative estimate of drug-likeness (QED) is 0.634.